The summed E-state index contributed by atoms with van der Waals surface area (Å²) >= 11 is 0. The Hall–Kier alpha value is -4.67. The molecule has 0 aliphatic carbocycles. The number of pyridine rings is 1. The quantitative estimate of drug-likeness (QED) is 0.378. The SMILES string of the molecule is Cc1cc(COc2ccc(C3(NC(=O)OC(C)(C)C)CCN(CC4NC(=O)NC4=O)C3=O)cc2)c2ccccc2n1. The average Bonchev–Trinajstić information content (AvgIpc) is 3.39. The zero-order valence-electron chi connectivity index (χ0n) is 23.4. The molecule has 11 nitrogen and oxygen atoms in total. The van der Waals surface area contributed by atoms with E-state index in [-0.39, 0.29) is 19.5 Å². The molecule has 11 heteroatoms. The highest BCUT2D eigenvalue weighted by atomic mass is 16.6. The van der Waals surface area contributed by atoms with E-state index in [2.05, 4.69) is 20.9 Å². The summed E-state index contributed by atoms with van der Waals surface area (Å²) < 4.78 is 11.6. The number of aryl methyl sites for hydroxylation is 1. The number of imide groups is 1. The average molecular weight is 560 g/mol. The van der Waals surface area contributed by atoms with Crippen molar-refractivity contribution in [2.75, 3.05) is 13.1 Å². The van der Waals surface area contributed by atoms with E-state index in [4.69, 9.17) is 9.47 Å². The number of para-hydroxylation sites is 1. The van der Waals surface area contributed by atoms with Crippen LogP contribution in [0.3, 0.4) is 0 Å². The van der Waals surface area contributed by atoms with Gasteiger partial charge in [0.25, 0.3) is 11.8 Å². The number of ether oxygens (including phenoxy) is 2. The molecule has 3 heterocycles. The van der Waals surface area contributed by atoms with Crippen LogP contribution in [0.1, 0.15) is 44.0 Å². The summed E-state index contributed by atoms with van der Waals surface area (Å²) in [7, 11) is 0. The summed E-state index contributed by atoms with van der Waals surface area (Å²) in [6.07, 6.45) is -0.490. The predicted molar refractivity (Wildman–Crippen MR) is 150 cm³/mol. The molecule has 5 rings (SSSR count). The number of urea groups is 1. The van der Waals surface area contributed by atoms with Crippen molar-refractivity contribution in [3.05, 3.63) is 71.4 Å². The van der Waals surface area contributed by atoms with Crippen molar-refractivity contribution < 1.29 is 28.7 Å². The van der Waals surface area contributed by atoms with Crippen molar-refractivity contribution in [1.82, 2.24) is 25.8 Å². The van der Waals surface area contributed by atoms with E-state index in [0.717, 1.165) is 22.2 Å². The Morgan fingerprint density at radius 3 is 2.54 bits per heavy atom. The smallest absolute Gasteiger partial charge is 0.408 e. The third-order valence-corrected chi connectivity index (χ3v) is 7.06. The van der Waals surface area contributed by atoms with Crippen LogP contribution in [-0.4, -0.2) is 58.6 Å². The van der Waals surface area contributed by atoms with Gasteiger partial charge in [0.05, 0.1) is 12.1 Å². The molecule has 3 N–H and O–H groups in total. The van der Waals surface area contributed by atoms with Crippen molar-refractivity contribution in [3.63, 3.8) is 0 Å². The molecule has 2 unspecified atom stereocenters. The highest BCUT2D eigenvalue weighted by Gasteiger charge is 2.51. The first-order valence-electron chi connectivity index (χ1n) is 13.4. The predicted octanol–water partition coefficient (Wildman–Crippen LogP) is 3.28. The summed E-state index contributed by atoms with van der Waals surface area (Å²) in [6, 6.07) is 15.4. The molecule has 2 atom stereocenters. The lowest BCUT2D eigenvalue weighted by Gasteiger charge is -2.31. The Balaban J connectivity index is 1.37. The third kappa shape index (κ3) is 5.93. The van der Waals surface area contributed by atoms with Crippen LogP contribution in [0.5, 0.6) is 5.75 Å². The number of nitrogens with zero attached hydrogens (tertiary/aromatic N) is 2. The van der Waals surface area contributed by atoms with Crippen LogP contribution in [-0.2, 0) is 26.5 Å². The van der Waals surface area contributed by atoms with E-state index in [9.17, 15) is 19.2 Å². The topological polar surface area (TPSA) is 139 Å². The number of rotatable bonds is 7. The second-order valence-electron chi connectivity index (χ2n) is 11.3. The Kier molecular flexibility index (Phi) is 7.29. The molecule has 0 saturated carbocycles. The lowest BCUT2D eigenvalue weighted by molar-refractivity contribution is -0.134. The Morgan fingerprint density at radius 1 is 1.12 bits per heavy atom. The number of fused-ring (bicyclic) bond motifs is 1. The number of aromatic nitrogens is 1. The minimum absolute atomic E-state index is 0.0192. The van der Waals surface area contributed by atoms with Crippen LogP contribution < -0.4 is 20.7 Å². The number of benzene rings is 2. The van der Waals surface area contributed by atoms with Crippen LogP contribution in [0.2, 0.25) is 0 Å². The Morgan fingerprint density at radius 2 is 1.85 bits per heavy atom. The molecule has 0 spiro atoms. The van der Waals surface area contributed by atoms with Gasteiger partial charge in [0.15, 0.2) is 0 Å². The second-order valence-corrected chi connectivity index (χ2v) is 11.3. The van der Waals surface area contributed by atoms with Gasteiger partial charge >= 0.3 is 12.1 Å². The minimum atomic E-state index is -1.42. The number of hydrogen-bond acceptors (Lipinski definition) is 7. The van der Waals surface area contributed by atoms with Crippen molar-refractivity contribution in [1.29, 1.82) is 0 Å². The lowest BCUT2D eigenvalue weighted by Crippen LogP contribution is -2.54. The number of amides is 5. The van der Waals surface area contributed by atoms with Gasteiger partial charge in [0, 0.05) is 29.6 Å². The highest BCUT2D eigenvalue weighted by Crippen LogP contribution is 2.35. The molecule has 3 aromatic rings. The maximum absolute atomic E-state index is 13.8. The third-order valence-electron chi connectivity index (χ3n) is 7.06. The van der Waals surface area contributed by atoms with E-state index in [1.54, 1.807) is 45.0 Å². The van der Waals surface area contributed by atoms with Crippen molar-refractivity contribution in [2.24, 2.45) is 0 Å². The first-order valence-corrected chi connectivity index (χ1v) is 13.4. The summed E-state index contributed by atoms with van der Waals surface area (Å²) in [5.74, 6) is -0.309. The molecule has 41 heavy (non-hydrogen) atoms. The number of hydrogen-bond donors (Lipinski definition) is 3. The summed E-state index contributed by atoms with van der Waals surface area (Å²) in [5, 5.41) is 8.51. The maximum atomic E-state index is 13.8. The molecule has 2 aliphatic heterocycles. The number of carbonyl (C=O) groups is 4. The fraction of sp³-hybridized carbons (Fsp3) is 0.367. The Bertz CT molecular complexity index is 1520. The molecule has 2 saturated heterocycles. The van der Waals surface area contributed by atoms with Crippen molar-refractivity contribution in [3.8, 4) is 5.75 Å². The van der Waals surface area contributed by atoms with Gasteiger partial charge in [0.2, 0.25) is 0 Å². The van der Waals surface area contributed by atoms with Gasteiger partial charge in [-0.2, -0.15) is 0 Å². The number of carbonyl (C=O) groups excluding carboxylic acids is 4. The van der Waals surface area contributed by atoms with Gasteiger partial charge in [-0.1, -0.05) is 30.3 Å². The maximum Gasteiger partial charge on any atom is 0.408 e. The standard InChI is InChI=1S/C30H33N5O6/c1-18-15-19(22-7-5-6-8-23(22)31-18)17-40-21-11-9-20(10-12-21)30(34-28(39)41-29(2,3)4)13-14-35(26(30)37)16-24-25(36)33-27(38)32-24/h5-12,15,24H,13-14,16-17H2,1-4H3,(H,34,39)(H2,32,33,36,38). The van der Waals surface area contributed by atoms with Gasteiger partial charge in [-0.25, -0.2) is 9.59 Å². The van der Waals surface area contributed by atoms with E-state index < -0.39 is 41.1 Å². The number of likely N-dealkylation sites (tertiary alicyclic amines) is 1. The normalized spacial score (nSPS) is 20.6. The lowest BCUT2D eigenvalue weighted by atomic mass is 9.88. The van der Waals surface area contributed by atoms with Gasteiger partial charge in [0.1, 0.15) is 29.5 Å². The van der Waals surface area contributed by atoms with Gasteiger partial charge in [-0.05, 0) is 57.5 Å². The number of nitrogens with one attached hydrogen (secondary N) is 3. The van der Waals surface area contributed by atoms with Crippen LogP contribution in [0, 0.1) is 6.92 Å². The van der Waals surface area contributed by atoms with Crippen LogP contribution in [0.15, 0.2) is 54.6 Å². The fourth-order valence-corrected chi connectivity index (χ4v) is 5.21. The van der Waals surface area contributed by atoms with E-state index >= 15 is 0 Å². The van der Waals surface area contributed by atoms with Gasteiger partial charge in [-0.3, -0.25) is 19.9 Å². The summed E-state index contributed by atoms with van der Waals surface area (Å²) in [5.41, 5.74) is 1.16. The van der Waals surface area contributed by atoms with Crippen molar-refractivity contribution in [2.45, 2.75) is 57.9 Å². The molecule has 2 aromatic carbocycles. The summed E-state index contributed by atoms with van der Waals surface area (Å²) in [4.78, 5) is 56.4. The molecule has 0 radical (unpaired) electrons. The van der Waals surface area contributed by atoms with Gasteiger partial charge in [-0.15, -0.1) is 0 Å². The first kappa shape index (κ1) is 27.9. The monoisotopic (exact) mass is 559 g/mol. The van der Waals surface area contributed by atoms with E-state index in [1.165, 1.54) is 4.90 Å². The van der Waals surface area contributed by atoms with E-state index in [0.29, 0.717) is 17.9 Å². The van der Waals surface area contributed by atoms with Gasteiger partial charge < -0.3 is 25.0 Å². The molecule has 214 valence electrons. The van der Waals surface area contributed by atoms with Crippen LogP contribution in [0.25, 0.3) is 10.9 Å². The molecule has 0 bridgehead atoms. The molecular formula is C30H33N5O6. The molecular weight excluding hydrogens is 526 g/mol. The van der Waals surface area contributed by atoms with Crippen LogP contribution in [0.4, 0.5) is 9.59 Å². The fourth-order valence-electron chi connectivity index (χ4n) is 5.21. The largest absolute Gasteiger partial charge is 0.489 e. The summed E-state index contributed by atoms with van der Waals surface area (Å²) in [6.45, 7) is 7.73. The number of alkyl carbamates (subject to hydrolysis) is 1. The molecule has 1 aromatic heterocycles. The van der Waals surface area contributed by atoms with Crippen molar-refractivity contribution >= 4 is 34.8 Å². The van der Waals surface area contributed by atoms with E-state index in [1.807, 2.05) is 37.3 Å². The zero-order valence-corrected chi connectivity index (χ0v) is 23.4. The molecule has 2 aliphatic rings. The zero-order chi connectivity index (χ0) is 29.4. The minimum Gasteiger partial charge on any atom is -0.489 e. The van der Waals surface area contributed by atoms with Crippen LogP contribution >= 0.6 is 0 Å². The first-order chi connectivity index (χ1) is 19.4. The molecule has 5 amide bonds. The Labute approximate surface area is 237 Å². The highest BCUT2D eigenvalue weighted by molar-refractivity contribution is 6.04. The molecule has 2 fully saturated rings. The second kappa shape index (κ2) is 10.7.